The summed E-state index contributed by atoms with van der Waals surface area (Å²) in [6.45, 7) is 1.26. The highest BCUT2D eigenvalue weighted by molar-refractivity contribution is 8.05. The molecule has 31 heavy (non-hydrogen) atoms. The molecule has 1 spiro atoms. The fraction of sp³-hybridized carbons (Fsp3) is 0.200. The lowest BCUT2D eigenvalue weighted by Gasteiger charge is -2.43. The van der Waals surface area contributed by atoms with Crippen LogP contribution in [0.1, 0.15) is 23.1 Å². The van der Waals surface area contributed by atoms with Crippen LogP contribution in [0.2, 0.25) is 0 Å². The Morgan fingerprint density at radius 3 is 2.26 bits per heavy atom. The van der Waals surface area contributed by atoms with E-state index in [9.17, 15) is 10.2 Å². The van der Waals surface area contributed by atoms with Gasteiger partial charge < -0.3 is 19.8 Å². The van der Waals surface area contributed by atoms with Crippen LogP contribution in [-0.4, -0.2) is 28.6 Å². The van der Waals surface area contributed by atoms with E-state index >= 15 is 0 Å². The molecule has 6 rings (SSSR count). The van der Waals surface area contributed by atoms with E-state index in [1.807, 2.05) is 12.1 Å². The van der Waals surface area contributed by atoms with Gasteiger partial charge in [0.05, 0.1) is 9.78 Å². The number of hydrogen-bond acceptors (Lipinski definition) is 5. The molecule has 1 atom stereocenters. The van der Waals surface area contributed by atoms with Gasteiger partial charge in [0.1, 0.15) is 12.4 Å². The van der Waals surface area contributed by atoms with Gasteiger partial charge in [0, 0.05) is 34.8 Å². The molecule has 1 unspecified atom stereocenters. The van der Waals surface area contributed by atoms with E-state index in [-0.39, 0.29) is 11.5 Å². The minimum Gasteiger partial charge on any atom is -0.504 e. The largest absolute Gasteiger partial charge is 0.504 e. The molecule has 0 aromatic heterocycles. The van der Waals surface area contributed by atoms with Gasteiger partial charge in [-0.3, -0.25) is 0 Å². The number of rotatable bonds is 2. The second kappa shape index (κ2) is 6.87. The van der Waals surface area contributed by atoms with Gasteiger partial charge in [-0.05, 0) is 35.7 Å². The molecule has 0 saturated carbocycles. The van der Waals surface area contributed by atoms with Gasteiger partial charge in [-0.25, -0.2) is 0 Å². The zero-order chi connectivity index (χ0) is 21.2. The fourth-order valence-electron chi connectivity index (χ4n) is 5.13. The molecule has 0 aliphatic carbocycles. The second-order valence-electron chi connectivity index (χ2n) is 8.16. The number of para-hydroxylation sites is 2. The van der Waals surface area contributed by atoms with Crippen LogP contribution in [0.3, 0.4) is 0 Å². The maximum absolute atomic E-state index is 10.3. The van der Waals surface area contributed by atoms with Crippen molar-refractivity contribution in [3.8, 4) is 17.2 Å². The minimum absolute atomic E-state index is 0.135. The number of thioether (sulfide) groups is 1. The van der Waals surface area contributed by atoms with Crippen molar-refractivity contribution < 1.29 is 14.9 Å². The van der Waals surface area contributed by atoms with Crippen LogP contribution in [0.25, 0.3) is 0 Å². The lowest BCUT2D eigenvalue weighted by Crippen LogP contribution is -2.40. The van der Waals surface area contributed by atoms with Crippen LogP contribution in [0.4, 0.5) is 11.4 Å². The second-order valence-corrected chi connectivity index (χ2v) is 10.1. The van der Waals surface area contributed by atoms with E-state index in [0.717, 1.165) is 45.4 Å². The normalized spacial score (nSPS) is 20.1. The number of allylic oxidation sites excluding steroid dienone is 1. The van der Waals surface area contributed by atoms with Crippen molar-refractivity contribution in [1.82, 2.24) is 0 Å². The number of nitrogens with zero attached hydrogens (tertiary/aromatic N) is 1. The first-order valence-electron chi connectivity index (χ1n) is 10.3. The first-order chi connectivity index (χ1) is 15.1. The molecule has 0 saturated heterocycles. The highest BCUT2D eigenvalue weighted by atomic mass is 35.5. The van der Waals surface area contributed by atoms with Crippen molar-refractivity contribution in [1.29, 1.82) is 0 Å². The molecule has 4 nitrogen and oxygen atoms in total. The number of benzene rings is 3. The van der Waals surface area contributed by atoms with Gasteiger partial charge in [-0.15, -0.1) is 11.8 Å². The molecular formula is C25H20ClNO3S. The molecule has 2 N–H and O–H groups in total. The maximum atomic E-state index is 10.3. The summed E-state index contributed by atoms with van der Waals surface area (Å²) in [5.41, 5.74) is 4.87. The summed E-state index contributed by atoms with van der Waals surface area (Å²) in [5, 5.41) is 20.7. The van der Waals surface area contributed by atoms with Crippen molar-refractivity contribution >= 4 is 34.7 Å². The number of halogens is 1. The van der Waals surface area contributed by atoms with Crippen molar-refractivity contribution in [2.45, 2.75) is 17.1 Å². The molecule has 3 aromatic carbocycles. The van der Waals surface area contributed by atoms with Gasteiger partial charge in [-0.2, -0.15) is 0 Å². The number of phenols is 2. The van der Waals surface area contributed by atoms with Crippen LogP contribution < -0.4 is 9.64 Å². The van der Waals surface area contributed by atoms with Crippen molar-refractivity contribution in [2.24, 2.45) is 0 Å². The Morgan fingerprint density at radius 2 is 1.61 bits per heavy atom. The number of aromatic hydroxyl groups is 2. The van der Waals surface area contributed by atoms with Crippen molar-refractivity contribution in [3.63, 3.8) is 0 Å². The molecule has 6 heteroatoms. The van der Waals surface area contributed by atoms with Crippen molar-refractivity contribution in [3.05, 3.63) is 87.8 Å². The summed E-state index contributed by atoms with van der Waals surface area (Å²) in [4.78, 5) is 2.38. The lowest BCUT2D eigenvalue weighted by atomic mass is 9.67. The molecule has 3 aliphatic rings. The van der Waals surface area contributed by atoms with E-state index in [1.54, 1.807) is 17.8 Å². The minimum atomic E-state index is -0.553. The Kier molecular flexibility index (Phi) is 4.20. The maximum Gasteiger partial charge on any atom is 0.161 e. The summed E-state index contributed by atoms with van der Waals surface area (Å²) in [5.74, 6) is 0.303. The van der Waals surface area contributed by atoms with Crippen LogP contribution in [0.15, 0.2) is 71.1 Å². The van der Waals surface area contributed by atoms with E-state index in [0.29, 0.717) is 17.6 Å². The van der Waals surface area contributed by atoms with E-state index in [1.165, 1.54) is 6.07 Å². The third-order valence-corrected chi connectivity index (χ3v) is 7.98. The predicted molar refractivity (Wildman–Crippen MR) is 125 cm³/mol. The third-order valence-electron chi connectivity index (χ3n) is 6.50. The fourth-order valence-corrected chi connectivity index (χ4v) is 6.52. The number of phenolic OH excluding ortho intramolecular Hbond substituents is 2. The van der Waals surface area contributed by atoms with Gasteiger partial charge in [0.2, 0.25) is 0 Å². The quantitative estimate of drug-likeness (QED) is 0.480. The zero-order valence-corrected chi connectivity index (χ0v) is 18.2. The molecular weight excluding hydrogens is 430 g/mol. The summed E-state index contributed by atoms with van der Waals surface area (Å²) in [6, 6.07) is 20.0. The van der Waals surface area contributed by atoms with E-state index in [2.05, 4.69) is 47.4 Å². The van der Waals surface area contributed by atoms with Crippen LogP contribution in [-0.2, 0) is 5.41 Å². The Morgan fingerprint density at radius 1 is 0.968 bits per heavy atom. The lowest BCUT2D eigenvalue weighted by molar-refractivity contribution is 0.311. The zero-order valence-electron chi connectivity index (χ0n) is 16.6. The number of hydrogen-bond donors (Lipinski definition) is 2. The Labute approximate surface area is 189 Å². The van der Waals surface area contributed by atoms with Crippen LogP contribution in [0, 0.1) is 0 Å². The molecule has 0 fully saturated rings. The molecule has 0 bridgehead atoms. The third kappa shape index (κ3) is 2.70. The summed E-state index contributed by atoms with van der Waals surface area (Å²) in [6.07, 6.45) is 3.05. The highest BCUT2D eigenvalue weighted by Gasteiger charge is 2.50. The summed E-state index contributed by atoms with van der Waals surface area (Å²) < 4.78 is 6.97. The topological polar surface area (TPSA) is 52.9 Å². The highest BCUT2D eigenvalue weighted by Crippen LogP contribution is 2.58. The number of anilines is 2. The Hall–Kier alpha value is -2.76. The van der Waals surface area contributed by atoms with Crippen LogP contribution >= 0.6 is 23.4 Å². The van der Waals surface area contributed by atoms with E-state index < -0.39 is 5.41 Å². The average molecular weight is 450 g/mol. The number of fused-ring (bicyclic) bond motifs is 6. The van der Waals surface area contributed by atoms with Gasteiger partial charge >= 0.3 is 0 Å². The first-order valence-corrected chi connectivity index (χ1v) is 11.5. The van der Waals surface area contributed by atoms with Gasteiger partial charge in [0.25, 0.3) is 0 Å². The van der Waals surface area contributed by atoms with E-state index in [4.69, 9.17) is 16.3 Å². The molecule has 0 radical (unpaired) electrons. The predicted octanol–water partition coefficient (Wildman–Crippen LogP) is 5.86. The van der Waals surface area contributed by atoms with Crippen LogP contribution in [0.5, 0.6) is 17.2 Å². The first kappa shape index (κ1) is 19.0. The molecule has 3 aliphatic heterocycles. The van der Waals surface area contributed by atoms with Gasteiger partial charge in [-0.1, -0.05) is 54.1 Å². The number of ether oxygens (including phenoxy) is 1. The Balaban J connectivity index is 1.57. The smallest absolute Gasteiger partial charge is 0.161 e. The molecule has 156 valence electrons. The SMILES string of the molecule is Oc1cc2c(cc1O)C1(CO2)c2ccccc2N(CC2CC=C(Cl)S2)c2ccccc21. The average Bonchev–Trinajstić information content (AvgIpc) is 3.36. The standard InChI is InChI=1S/C25H20ClNO3S/c26-24-10-9-15(31-24)13-27-19-7-3-1-5-16(19)25(17-6-2-4-8-20(17)27)14-30-23-12-22(29)21(28)11-18(23)25/h1-8,10-12,15,28-29H,9,13-14H2. The molecule has 3 aromatic rings. The molecule has 0 amide bonds. The van der Waals surface area contributed by atoms with Gasteiger partial charge in [0.15, 0.2) is 11.5 Å². The summed E-state index contributed by atoms with van der Waals surface area (Å²) in [7, 11) is 0. The Bertz CT molecular complexity index is 1190. The summed E-state index contributed by atoms with van der Waals surface area (Å²) >= 11 is 7.98. The molecule has 3 heterocycles. The monoisotopic (exact) mass is 449 g/mol. The van der Waals surface area contributed by atoms with Crippen molar-refractivity contribution in [2.75, 3.05) is 18.1 Å².